The number of unbranched alkanes of at least 4 members (excludes halogenated alkanes) is 1. The second kappa shape index (κ2) is 8.74. The van der Waals surface area contributed by atoms with E-state index < -0.39 is 12.1 Å². The zero-order valence-electron chi connectivity index (χ0n) is 12.3. The number of aliphatic carboxylic acids is 1. The second-order valence-corrected chi connectivity index (χ2v) is 5.68. The van der Waals surface area contributed by atoms with Crippen LogP contribution in [0.3, 0.4) is 0 Å². The summed E-state index contributed by atoms with van der Waals surface area (Å²) in [6.45, 7) is 1.75. The van der Waals surface area contributed by atoms with Crippen LogP contribution in [0.1, 0.15) is 39.0 Å². The number of hydrogen-bond donors (Lipinski definition) is 3. The molecule has 4 atom stereocenters. The summed E-state index contributed by atoms with van der Waals surface area (Å²) < 4.78 is 0. The quantitative estimate of drug-likeness (QED) is 0.360. The van der Waals surface area contributed by atoms with E-state index in [1.54, 1.807) is 6.92 Å². The lowest BCUT2D eigenvalue weighted by Gasteiger charge is -2.12. The maximum absolute atomic E-state index is 12.0. The summed E-state index contributed by atoms with van der Waals surface area (Å²) in [5.74, 6) is -1.78. The first-order valence-electron chi connectivity index (χ1n) is 7.37. The van der Waals surface area contributed by atoms with Crippen LogP contribution in [-0.2, 0) is 9.59 Å². The molecule has 5 heteroatoms. The number of aliphatic hydroxyl groups is 2. The van der Waals surface area contributed by atoms with Crippen molar-refractivity contribution in [3.05, 3.63) is 24.3 Å². The number of carbonyl (C=O) groups excluding carboxylic acids is 1. The lowest BCUT2D eigenvalue weighted by Crippen LogP contribution is -2.16. The topological polar surface area (TPSA) is 94.8 Å². The van der Waals surface area contributed by atoms with Crippen LogP contribution in [0.15, 0.2) is 24.3 Å². The van der Waals surface area contributed by atoms with Gasteiger partial charge in [0.15, 0.2) is 5.78 Å². The fourth-order valence-corrected chi connectivity index (χ4v) is 2.66. The highest BCUT2D eigenvalue weighted by Gasteiger charge is 2.35. The van der Waals surface area contributed by atoms with Gasteiger partial charge in [-0.25, -0.2) is 4.79 Å². The molecule has 0 radical (unpaired) electrons. The third-order valence-electron chi connectivity index (χ3n) is 3.72. The van der Waals surface area contributed by atoms with Crippen LogP contribution in [0.2, 0.25) is 0 Å². The molecule has 0 bridgehead atoms. The molecule has 1 rings (SSSR count). The Hall–Kier alpha value is -1.46. The number of ketones is 1. The standard InChI is InChI=1S/C16H24O5/c1-11(17)5-3-2-4-6-12-9-13(18)10-14(12)15(19)7-8-16(20)21/h4,6-8,11-14,17-18H,2-3,5,9-10H2,1H3,(H,20,21)/b6-4+,8-7+/t11-,12+,13-,14+/m0/s1. The lowest BCUT2D eigenvalue weighted by atomic mass is 9.91. The minimum Gasteiger partial charge on any atom is -0.478 e. The van der Waals surface area contributed by atoms with Gasteiger partial charge in [-0.1, -0.05) is 12.2 Å². The Labute approximate surface area is 125 Å². The molecule has 0 saturated heterocycles. The highest BCUT2D eigenvalue weighted by atomic mass is 16.4. The highest BCUT2D eigenvalue weighted by Crippen LogP contribution is 2.34. The molecule has 118 valence electrons. The zero-order valence-corrected chi connectivity index (χ0v) is 12.3. The van der Waals surface area contributed by atoms with Gasteiger partial charge in [-0.3, -0.25) is 4.79 Å². The number of allylic oxidation sites excluding steroid dienone is 3. The van der Waals surface area contributed by atoms with Crippen molar-refractivity contribution in [1.82, 2.24) is 0 Å². The molecule has 0 aromatic rings. The maximum Gasteiger partial charge on any atom is 0.328 e. The number of carboxylic acids is 1. The SMILES string of the molecule is C[C@H](O)CCC/C=C/[C@@H]1C[C@H](O)C[C@H]1C(=O)/C=C/C(=O)O. The van der Waals surface area contributed by atoms with Gasteiger partial charge in [-0.15, -0.1) is 0 Å². The Morgan fingerprint density at radius 2 is 2.00 bits per heavy atom. The van der Waals surface area contributed by atoms with Crippen molar-refractivity contribution in [1.29, 1.82) is 0 Å². The average molecular weight is 296 g/mol. The smallest absolute Gasteiger partial charge is 0.328 e. The van der Waals surface area contributed by atoms with E-state index in [1.807, 2.05) is 12.2 Å². The molecular formula is C16H24O5. The summed E-state index contributed by atoms with van der Waals surface area (Å²) in [6, 6.07) is 0. The van der Waals surface area contributed by atoms with E-state index in [2.05, 4.69) is 0 Å². The highest BCUT2D eigenvalue weighted by molar-refractivity contribution is 5.97. The third-order valence-corrected chi connectivity index (χ3v) is 3.72. The second-order valence-electron chi connectivity index (χ2n) is 5.68. The first kappa shape index (κ1) is 17.6. The zero-order chi connectivity index (χ0) is 15.8. The maximum atomic E-state index is 12.0. The van der Waals surface area contributed by atoms with E-state index in [4.69, 9.17) is 10.2 Å². The molecule has 0 unspecified atom stereocenters. The largest absolute Gasteiger partial charge is 0.478 e. The van der Waals surface area contributed by atoms with Gasteiger partial charge in [0.05, 0.1) is 12.2 Å². The summed E-state index contributed by atoms with van der Waals surface area (Å²) in [5.41, 5.74) is 0. The fourth-order valence-electron chi connectivity index (χ4n) is 2.66. The third kappa shape index (κ3) is 6.69. The molecule has 21 heavy (non-hydrogen) atoms. The van der Waals surface area contributed by atoms with Crippen molar-refractivity contribution in [2.75, 3.05) is 0 Å². The van der Waals surface area contributed by atoms with Crippen molar-refractivity contribution < 1.29 is 24.9 Å². The summed E-state index contributed by atoms with van der Waals surface area (Å²) in [6.07, 6.45) is 8.38. The van der Waals surface area contributed by atoms with Gasteiger partial charge in [0.1, 0.15) is 0 Å². The first-order chi connectivity index (χ1) is 9.90. The molecule has 3 N–H and O–H groups in total. The summed E-state index contributed by atoms with van der Waals surface area (Å²) >= 11 is 0. The van der Waals surface area contributed by atoms with Gasteiger partial charge in [0.25, 0.3) is 0 Å². The Balaban J connectivity index is 2.52. The Morgan fingerprint density at radius 3 is 2.62 bits per heavy atom. The molecule has 1 aliphatic rings. The molecule has 0 aliphatic heterocycles. The van der Waals surface area contributed by atoms with Gasteiger partial charge in [-0.05, 0) is 51.0 Å². The molecule has 0 aromatic carbocycles. The molecule has 1 fully saturated rings. The first-order valence-corrected chi connectivity index (χ1v) is 7.37. The van der Waals surface area contributed by atoms with E-state index in [0.29, 0.717) is 12.8 Å². The molecule has 1 saturated carbocycles. The molecule has 0 heterocycles. The molecule has 0 aromatic heterocycles. The number of carboxylic acid groups (broad SMARTS) is 1. The molecule has 5 nitrogen and oxygen atoms in total. The van der Waals surface area contributed by atoms with Crippen LogP contribution in [0.4, 0.5) is 0 Å². The van der Waals surface area contributed by atoms with E-state index in [1.165, 1.54) is 0 Å². The predicted molar refractivity (Wildman–Crippen MR) is 78.7 cm³/mol. The monoisotopic (exact) mass is 296 g/mol. The number of rotatable bonds is 8. The van der Waals surface area contributed by atoms with Crippen LogP contribution < -0.4 is 0 Å². The van der Waals surface area contributed by atoms with Crippen molar-refractivity contribution >= 4 is 11.8 Å². The van der Waals surface area contributed by atoms with Crippen LogP contribution in [0, 0.1) is 11.8 Å². The summed E-state index contributed by atoms with van der Waals surface area (Å²) in [7, 11) is 0. The van der Waals surface area contributed by atoms with Crippen LogP contribution in [0.5, 0.6) is 0 Å². The van der Waals surface area contributed by atoms with Crippen molar-refractivity contribution in [3.8, 4) is 0 Å². The van der Waals surface area contributed by atoms with Crippen LogP contribution in [-0.4, -0.2) is 39.3 Å². The Bertz CT molecular complexity index is 411. The van der Waals surface area contributed by atoms with Crippen LogP contribution in [0.25, 0.3) is 0 Å². The van der Waals surface area contributed by atoms with Gasteiger partial charge in [0.2, 0.25) is 0 Å². The van der Waals surface area contributed by atoms with Crippen molar-refractivity contribution in [3.63, 3.8) is 0 Å². The summed E-state index contributed by atoms with van der Waals surface area (Å²) in [4.78, 5) is 22.4. The van der Waals surface area contributed by atoms with Crippen molar-refractivity contribution in [2.24, 2.45) is 11.8 Å². The van der Waals surface area contributed by atoms with Crippen LogP contribution >= 0.6 is 0 Å². The lowest BCUT2D eigenvalue weighted by molar-refractivity contribution is -0.131. The number of carbonyl (C=O) groups is 2. The number of aliphatic hydroxyl groups excluding tert-OH is 2. The van der Waals surface area contributed by atoms with E-state index >= 15 is 0 Å². The van der Waals surface area contributed by atoms with Gasteiger partial charge < -0.3 is 15.3 Å². The molecule has 0 spiro atoms. The Kier molecular flexibility index (Phi) is 7.32. The molecular weight excluding hydrogens is 272 g/mol. The predicted octanol–water partition coefficient (Wildman–Crippen LogP) is 1.69. The summed E-state index contributed by atoms with van der Waals surface area (Å²) in [5, 5.41) is 27.4. The average Bonchev–Trinajstić information content (AvgIpc) is 2.76. The van der Waals surface area contributed by atoms with Gasteiger partial charge in [-0.2, -0.15) is 0 Å². The fraction of sp³-hybridized carbons (Fsp3) is 0.625. The van der Waals surface area contributed by atoms with Gasteiger partial charge >= 0.3 is 5.97 Å². The minimum atomic E-state index is -1.15. The minimum absolute atomic E-state index is 0.0440. The van der Waals surface area contributed by atoms with E-state index in [0.717, 1.165) is 31.4 Å². The van der Waals surface area contributed by atoms with E-state index in [-0.39, 0.29) is 23.7 Å². The van der Waals surface area contributed by atoms with Gasteiger partial charge in [0, 0.05) is 12.0 Å². The number of hydrogen-bond acceptors (Lipinski definition) is 4. The molecule has 0 amide bonds. The normalized spacial score (nSPS) is 27.5. The Morgan fingerprint density at radius 1 is 1.29 bits per heavy atom. The molecule has 1 aliphatic carbocycles. The van der Waals surface area contributed by atoms with E-state index in [9.17, 15) is 14.7 Å². The van der Waals surface area contributed by atoms with Crippen molar-refractivity contribution in [2.45, 2.75) is 51.2 Å².